The van der Waals surface area contributed by atoms with E-state index in [2.05, 4.69) is 0 Å². The van der Waals surface area contributed by atoms with Crippen molar-refractivity contribution in [2.24, 2.45) is 5.73 Å². The Labute approximate surface area is 198 Å². The van der Waals surface area contributed by atoms with E-state index in [-0.39, 0.29) is 91.8 Å². The zero-order valence-corrected chi connectivity index (χ0v) is 19.8. The molecular formula is C11H24N2Na2O10S. The SMILES string of the molecule is NC(CCC(=O)O)C(=O)O.O=S([O-])[O-].OCCN(CCO)CCO.[Na+].[Na+]. The van der Waals surface area contributed by atoms with Crippen LogP contribution in [-0.2, 0) is 21.0 Å². The number of carbonyl (C=O) groups is 2. The summed E-state index contributed by atoms with van der Waals surface area (Å²) in [6.45, 7) is 1.75. The fraction of sp³-hybridized carbons (Fsp3) is 0.818. The number of rotatable bonds is 10. The third-order valence-corrected chi connectivity index (χ3v) is 2.24. The van der Waals surface area contributed by atoms with Crippen LogP contribution in [0.25, 0.3) is 0 Å². The summed E-state index contributed by atoms with van der Waals surface area (Å²) in [5.41, 5.74) is 5.00. The average Bonchev–Trinajstić information content (AvgIpc) is 2.45. The number of aliphatic hydroxyl groups is 3. The van der Waals surface area contributed by atoms with E-state index in [1.165, 1.54) is 0 Å². The Bertz CT molecular complexity index is 337. The zero-order valence-electron chi connectivity index (χ0n) is 14.9. The number of nitrogens with two attached hydrogens (primary N) is 1. The van der Waals surface area contributed by atoms with Crippen molar-refractivity contribution >= 4 is 23.3 Å². The molecule has 0 aliphatic heterocycles. The summed E-state index contributed by atoms with van der Waals surface area (Å²) in [7, 11) is 0. The minimum Gasteiger partial charge on any atom is -0.784 e. The topological polar surface area (TPSA) is 228 Å². The van der Waals surface area contributed by atoms with Crippen molar-refractivity contribution in [3.05, 3.63) is 0 Å². The van der Waals surface area contributed by atoms with Gasteiger partial charge in [0.25, 0.3) is 0 Å². The number of carboxylic acid groups (broad SMARTS) is 2. The Hall–Kier alpha value is 0.810. The van der Waals surface area contributed by atoms with Crippen molar-refractivity contribution in [2.75, 3.05) is 39.5 Å². The second-order valence-corrected chi connectivity index (χ2v) is 4.50. The van der Waals surface area contributed by atoms with Crippen LogP contribution in [0, 0.1) is 0 Å². The quantitative estimate of drug-likeness (QED) is 0.142. The van der Waals surface area contributed by atoms with Gasteiger partial charge < -0.3 is 40.4 Å². The summed E-state index contributed by atoms with van der Waals surface area (Å²) in [5.74, 6) is -2.20. The molecule has 0 saturated heterocycles. The molecule has 0 aliphatic carbocycles. The van der Waals surface area contributed by atoms with E-state index in [4.69, 9.17) is 44.6 Å². The molecule has 0 rings (SSSR count). The molecule has 26 heavy (non-hydrogen) atoms. The minimum absolute atomic E-state index is 0. The Morgan fingerprint density at radius 1 is 0.962 bits per heavy atom. The van der Waals surface area contributed by atoms with Gasteiger partial charge in [0.2, 0.25) is 0 Å². The molecule has 146 valence electrons. The summed E-state index contributed by atoms with van der Waals surface area (Å²) in [6.07, 6.45) is -0.224. The Kier molecular flexibility index (Phi) is 40.5. The minimum atomic E-state index is -3.11. The molecule has 0 aromatic rings. The third kappa shape index (κ3) is 39.8. The van der Waals surface area contributed by atoms with E-state index in [1.54, 1.807) is 4.90 Å². The summed E-state index contributed by atoms with van der Waals surface area (Å²) >= 11 is -3.11. The van der Waals surface area contributed by atoms with E-state index in [0.29, 0.717) is 19.6 Å². The van der Waals surface area contributed by atoms with E-state index in [0.717, 1.165) is 0 Å². The fourth-order valence-electron chi connectivity index (χ4n) is 1.16. The summed E-state index contributed by atoms with van der Waals surface area (Å²) < 4.78 is 25.3. The molecular weight excluding hydrogens is 398 g/mol. The molecule has 0 fully saturated rings. The van der Waals surface area contributed by atoms with E-state index in [9.17, 15) is 9.59 Å². The Morgan fingerprint density at radius 3 is 1.46 bits per heavy atom. The second-order valence-electron chi connectivity index (χ2n) is 4.09. The molecule has 0 heterocycles. The van der Waals surface area contributed by atoms with Crippen molar-refractivity contribution < 1.29 is 108 Å². The van der Waals surface area contributed by atoms with Crippen molar-refractivity contribution in [1.29, 1.82) is 0 Å². The normalized spacial score (nSPS) is 10.3. The third-order valence-electron chi connectivity index (χ3n) is 2.24. The molecule has 15 heteroatoms. The van der Waals surface area contributed by atoms with E-state index >= 15 is 0 Å². The van der Waals surface area contributed by atoms with Crippen LogP contribution in [-0.4, -0.2) is 101 Å². The van der Waals surface area contributed by atoms with Gasteiger partial charge in [0.15, 0.2) is 0 Å². The van der Waals surface area contributed by atoms with Gasteiger partial charge in [-0.25, -0.2) is 0 Å². The summed E-state index contributed by atoms with van der Waals surface area (Å²) in [5, 5.41) is 41.7. The van der Waals surface area contributed by atoms with Gasteiger partial charge in [-0.05, 0) is 6.42 Å². The first kappa shape index (κ1) is 37.5. The fourth-order valence-corrected chi connectivity index (χ4v) is 1.16. The molecule has 0 radical (unpaired) electrons. The van der Waals surface area contributed by atoms with Crippen LogP contribution < -0.4 is 64.8 Å². The van der Waals surface area contributed by atoms with Crippen molar-refractivity contribution in [2.45, 2.75) is 18.9 Å². The molecule has 1 unspecified atom stereocenters. The predicted octanol–water partition coefficient (Wildman–Crippen LogP) is -9.47. The van der Waals surface area contributed by atoms with Gasteiger partial charge >= 0.3 is 71.1 Å². The van der Waals surface area contributed by atoms with Gasteiger partial charge in [-0.3, -0.25) is 18.7 Å². The summed E-state index contributed by atoms with van der Waals surface area (Å²) in [6, 6.07) is -1.06. The van der Waals surface area contributed by atoms with Crippen LogP contribution in [0.1, 0.15) is 12.8 Å². The largest absolute Gasteiger partial charge is 1.00 e. The van der Waals surface area contributed by atoms with Crippen LogP contribution in [0.5, 0.6) is 0 Å². The molecule has 0 aromatic heterocycles. The summed E-state index contributed by atoms with van der Waals surface area (Å²) in [4.78, 5) is 21.7. The maximum Gasteiger partial charge on any atom is 1.00 e. The van der Waals surface area contributed by atoms with E-state index < -0.39 is 29.3 Å². The number of carboxylic acids is 2. The molecule has 7 N–H and O–H groups in total. The monoisotopic (exact) mass is 422 g/mol. The molecule has 0 aliphatic rings. The van der Waals surface area contributed by atoms with Crippen molar-refractivity contribution in [3.8, 4) is 0 Å². The molecule has 1 atom stereocenters. The van der Waals surface area contributed by atoms with Crippen LogP contribution >= 0.6 is 0 Å². The zero-order chi connectivity index (χ0) is 19.5. The van der Waals surface area contributed by atoms with Crippen LogP contribution in [0.15, 0.2) is 0 Å². The first-order valence-electron chi connectivity index (χ1n) is 6.64. The van der Waals surface area contributed by atoms with Gasteiger partial charge in [0, 0.05) is 26.1 Å². The van der Waals surface area contributed by atoms with Gasteiger partial charge in [-0.2, -0.15) is 0 Å². The van der Waals surface area contributed by atoms with Crippen LogP contribution in [0.4, 0.5) is 0 Å². The molecule has 0 aromatic carbocycles. The first-order valence-corrected chi connectivity index (χ1v) is 7.64. The number of nitrogens with zero attached hydrogens (tertiary/aromatic N) is 1. The first-order chi connectivity index (χ1) is 11.1. The van der Waals surface area contributed by atoms with Crippen LogP contribution in [0.2, 0.25) is 0 Å². The van der Waals surface area contributed by atoms with Gasteiger partial charge in [0.1, 0.15) is 6.04 Å². The molecule has 0 amide bonds. The predicted molar refractivity (Wildman–Crippen MR) is 79.9 cm³/mol. The van der Waals surface area contributed by atoms with Crippen molar-refractivity contribution in [1.82, 2.24) is 4.90 Å². The number of hydrogen-bond acceptors (Lipinski definition) is 10. The van der Waals surface area contributed by atoms with E-state index in [1.807, 2.05) is 0 Å². The van der Waals surface area contributed by atoms with Gasteiger partial charge in [0.05, 0.1) is 19.8 Å². The maximum absolute atomic E-state index is 9.99. The van der Waals surface area contributed by atoms with Crippen molar-refractivity contribution in [3.63, 3.8) is 0 Å². The Balaban J connectivity index is -0.0000000883. The number of aliphatic hydroxyl groups excluding tert-OH is 3. The Morgan fingerprint density at radius 2 is 1.27 bits per heavy atom. The van der Waals surface area contributed by atoms with Gasteiger partial charge in [-0.1, -0.05) is 0 Å². The molecule has 0 bridgehead atoms. The number of aliphatic carboxylic acids is 2. The standard InChI is InChI=1S/C6H15NO3.C5H9NO4.2Na.H2O3S/c8-4-1-7(2-5-9)3-6-10;6-3(5(9)10)1-2-4(7)8;;;1-4(2)3/h8-10H,1-6H2;3H,1-2,6H2,(H,7,8)(H,9,10);;;(H2,1,2,3)/q;;2*+1;/p-2. The maximum atomic E-state index is 9.99. The molecule has 0 spiro atoms. The second kappa shape index (κ2) is 28.0. The van der Waals surface area contributed by atoms with Crippen LogP contribution in [0.3, 0.4) is 0 Å². The number of hydrogen-bond donors (Lipinski definition) is 6. The smallest absolute Gasteiger partial charge is 0.784 e. The molecule has 0 saturated carbocycles. The average molecular weight is 422 g/mol. The molecule has 12 nitrogen and oxygen atoms in total. The van der Waals surface area contributed by atoms with Gasteiger partial charge in [-0.15, -0.1) is 11.4 Å².